The minimum Gasteiger partial charge on any atom is -0.316 e. The Morgan fingerprint density at radius 2 is 1.93 bits per heavy atom. The second-order valence-electron chi connectivity index (χ2n) is 5.78. The van der Waals surface area contributed by atoms with E-state index in [4.69, 9.17) is 0 Å². The summed E-state index contributed by atoms with van der Waals surface area (Å²) < 4.78 is 0. The predicted octanol–water partition coefficient (Wildman–Crippen LogP) is 2.11. The largest absolute Gasteiger partial charge is 0.316 e. The van der Waals surface area contributed by atoms with Crippen molar-refractivity contribution < 1.29 is 0 Å². The molecular weight excluding hydrogens is 184 g/mol. The summed E-state index contributed by atoms with van der Waals surface area (Å²) in [6.45, 7) is 11.3. The molecule has 2 aliphatic heterocycles. The molecule has 0 aromatic rings. The number of nitrogens with zero attached hydrogens (tertiary/aromatic N) is 1. The molecule has 0 spiro atoms. The topological polar surface area (TPSA) is 15.3 Å². The maximum absolute atomic E-state index is 3.56. The van der Waals surface area contributed by atoms with Gasteiger partial charge in [0.05, 0.1) is 0 Å². The smallest absolute Gasteiger partial charge is 0.00531 e. The van der Waals surface area contributed by atoms with Gasteiger partial charge in [0.2, 0.25) is 0 Å². The highest BCUT2D eigenvalue weighted by molar-refractivity contribution is 4.93. The number of rotatable bonds is 3. The van der Waals surface area contributed by atoms with Gasteiger partial charge in [-0.15, -0.1) is 0 Å². The molecule has 2 fully saturated rings. The summed E-state index contributed by atoms with van der Waals surface area (Å²) in [6, 6.07) is 0. The van der Waals surface area contributed by atoms with Gasteiger partial charge in [0, 0.05) is 13.1 Å². The normalized spacial score (nSPS) is 33.8. The zero-order chi connectivity index (χ0) is 10.7. The first kappa shape index (κ1) is 11.4. The number of likely N-dealkylation sites (tertiary alicyclic amines) is 1. The average Bonchev–Trinajstić information content (AvgIpc) is 2.69. The van der Waals surface area contributed by atoms with Crippen molar-refractivity contribution in [2.45, 2.75) is 39.5 Å². The van der Waals surface area contributed by atoms with Gasteiger partial charge in [0.1, 0.15) is 0 Å². The Bertz CT molecular complexity index is 189. The molecule has 15 heavy (non-hydrogen) atoms. The van der Waals surface area contributed by atoms with Crippen LogP contribution in [0.5, 0.6) is 0 Å². The summed E-state index contributed by atoms with van der Waals surface area (Å²) >= 11 is 0. The van der Waals surface area contributed by atoms with Crippen LogP contribution in [0.4, 0.5) is 0 Å². The van der Waals surface area contributed by atoms with Crippen LogP contribution in [0, 0.1) is 11.3 Å². The fraction of sp³-hybridized carbons (Fsp3) is 1.00. The molecule has 0 aromatic heterocycles. The first-order chi connectivity index (χ1) is 7.23. The van der Waals surface area contributed by atoms with E-state index in [0.717, 1.165) is 5.92 Å². The SMILES string of the molecule is CC(C)C1(CN2CCCCC2)CCNC1. The minimum absolute atomic E-state index is 0.567. The highest BCUT2D eigenvalue weighted by Gasteiger charge is 2.38. The van der Waals surface area contributed by atoms with Crippen LogP contribution in [-0.2, 0) is 0 Å². The molecule has 0 saturated carbocycles. The van der Waals surface area contributed by atoms with Gasteiger partial charge < -0.3 is 10.2 Å². The van der Waals surface area contributed by atoms with Crippen LogP contribution in [0.3, 0.4) is 0 Å². The molecule has 1 N–H and O–H groups in total. The third-order valence-electron chi connectivity index (χ3n) is 4.49. The Morgan fingerprint density at radius 1 is 1.20 bits per heavy atom. The number of hydrogen-bond acceptors (Lipinski definition) is 2. The molecule has 1 unspecified atom stereocenters. The standard InChI is InChI=1S/C13H26N2/c1-12(2)13(6-7-14-10-13)11-15-8-4-3-5-9-15/h12,14H,3-11H2,1-2H3. The monoisotopic (exact) mass is 210 g/mol. The highest BCUT2D eigenvalue weighted by Crippen LogP contribution is 2.35. The second kappa shape index (κ2) is 4.84. The van der Waals surface area contributed by atoms with Crippen LogP contribution in [0.1, 0.15) is 39.5 Å². The second-order valence-corrected chi connectivity index (χ2v) is 5.78. The van der Waals surface area contributed by atoms with E-state index in [9.17, 15) is 0 Å². The molecule has 2 aliphatic rings. The van der Waals surface area contributed by atoms with Crippen molar-refractivity contribution >= 4 is 0 Å². The summed E-state index contributed by atoms with van der Waals surface area (Å²) in [6.07, 6.45) is 5.66. The van der Waals surface area contributed by atoms with E-state index in [1.165, 1.54) is 58.4 Å². The zero-order valence-corrected chi connectivity index (χ0v) is 10.4. The molecule has 2 saturated heterocycles. The molecular formula is C13H26N2. The number of nitrogens with one attached hydrogen (secondary N) is 1. The third kappa shape index (κ3) is 2.54. The van der Waals surface area contributed by atoms with Gasteiger partial charge in [0.25, 0.3) is 0 Å². The van der Waals surface area contributed by atoms with Crippen LogP contribution >= 0.6 is 0 Å². The highest BCUT2D eigenvalue weighted by atomic mass is 15.1. The summed E-state index contributed by atoms with van der Waals surface area (Å²) in [7, 11) is 0. The Morgan fingerprint density at radius 3 is 2.47 bits per heavy atom. The van der Waals surface area contributed by atoms with Crippen LogP contribution in [0.25, 0.3) is 0 Å². The Kier molecular flexibility index (Phi) is 3.68. The van der Waals surface area contributed by atoms with Gasteiger partial charge in [-0.05, 0) is 50.2 Å². The molecule has 0 radical (unpaired) electrons. The Balaban J connectivity index is 1.93. The molecule has 2 heterocycles. The molecule has 1 atom stereocenters. The fourth-order valence-electron chi connectivity index (χ4n) is 3.14. The molecule has 0 bridgehead atoms. The van der Waals surface area contributed by atoms with E-state index < -0.39 is 0 Å². The van der Waals surface area contributed by atoms with Gasteiger partial charge in [-0.3, -0.25) is 0 Å². The van der Waals surface area contributed by atoms with Crippen molar-refractivity contribution in [1.82, 2.24) is 10.2 Å². The third-order valence-corrected chi connectivity index (χ3v) is 4.49. The lowest BCUT2D eigenvalue weighted by Gasteiger charge is -2.39. The lowest BCUT2D eigenvalue weighted by molar-refractivity contribution is 0.103. The van der Waals surface area contributed by atoms with E-state index in [1.54, 1.807) is 0 Å². The predicted molar refractivity (Wildman–Crippen MR) is 65.0 cm³/mol. The molecule has 0 amide bonds. The molecule has 0 aromatic carbocycles. The van der Waals surface area contributed by atoms with E-state index in [0.29, 0.717) is 5.41 Å². The van der Waals surface area contributed by atoms with E-state index in [2.05, 4.69) is 24.1 Å². The van der Waals surface area contributed by atoms with Crippen molar-refractivity contribution in [3.05, 3.63) is 0 Å². The zero-order valence-electron chi connectivity index (χ0n) is 10.4. The molecule has 2 rings (SSSR count). The summed E-state index contributed by atoms with van der Waals surface area (Å²) in [4.78, 5) is 2.70. The summed E-state index contributed by atoms with van der Waals surface area (Å²) in [5.74, 6) is 0.814. The van der Waals surface area contributed by atoms with Crippen molar-refractivity contribution in [2.24, 2.45) is 11.3 Å². The average molecular weight is 210 g/mol. The number of hydrogen-bond donors (Lipinski definition) is 1. The number of piperidine rings is 1. The fourth-order valence-corrected chi connectivity index (χ4v) is 3.14. The Hall–Kier alpha value is -0.0800. The maximum atomic E-state index is 3.56. The Labute approximate surface area is 94.4 Å². The maximum Gasteiger partial charge on any atom is 0.00531 e. The van der Waals surface area contributed by atoms with Crippen molar-refractivity contribution in [2.75, 3.05) is 32.7 Å². The van der Waals surface area contributed by atoms with Gasteiger partial charge in [-0.1, -0.05) is 20.3 Å². The summed E-state index contributed by atoms with van der Waals surface area (Å²) in [5, 5.41) is 3.56. The lowest BCUT2D eigenvalue weighted by Crippen LogP contribution is -2.44. The summed E-state index contributed by atoms with van der Waals surface area (Å²) in [5.41, 5.74) is 0.567. The van der Waals surface area contributed by atoms with Gasteiger partial charge in [-0.25, -0.2) is 0 Å². The van der Waals surface area contributed by atoms with Crippen LogP contribution in [0.15, 0.2) is 0 Å². The van der Waals surface area contributed by atoms with Crippen LogP contribution in [-0.4, -0.2) is 37.6 Å². The van der Waals surface area contributed by atoms with Crippen LogP contribution in [0.2, 0.25) is 0 Å². The minimum atomic E-state index is 0.567. The van der Waals surface area contributed by atoms with E-state index in [1.807, 2.05) is 0 Å². The quantitative estimate of drug-likeness (QED) is 0.767. The first-order valence-electron chi connectivity index (χ1n) is 6.66. The first-order valence-corrected chi connectivity index (χ1v) is 6.66. The lowest BCUT2D eigenvalue weighted by atomic mass is 9.76. The molecule has 88 valence electrons. The molecule has 0 aliphatic carbocycles. The van der Waals surface area contributed by atoms with Crippen molar-refractivity contribution in [3.8, 4) is 0 Å². The molecule has 2 nitrogen and oxygen atoms in total. The van der Waals surface area contributed by atoms with Gasteiger partial charge in [-0.2, -0.15) is 0 Å². The van der Waals surface area contributed by atoms with Crippen molar-refractivity contribution in [1.29, 1.82) is 0 Å². The van der Waals surface area contributed by atoms with E-state index in [-0.39, 0.29) is 0 Å². The van der Waals surface area contributed by atoms with Gasteiger partial charge in [0.15, 0.2) is 0 Å². The van der Waals surface area contributed by atoms with Crippen LogP contribution < -0.4 is 5.32 Å². The van der Waals surface area contributed by atoms with E-state index >= 15 is 0 Å². The van der Waals surface area contributed by atoms with Gasteiger partial charge >= 0.3 is 0 Å². The van der Waals surface area contributed by atoms with Crippen molar-refractivity contribution in [3.63, 3.8) is 0 Å². The molecule has 2 heteroatoms.